The largest absolute Gasteiger partial charge is 0.396 e. The molecule has 0 aromatic heterocycles. The summed E-state index contributed by atoms with van der Waals surface area (Å²) in [4.78, 5) is 0. The monoisotopic (exact) mass is 174 g/mol. The molecule has 0 aliphatic rings. The Morgan fingerprint density at radius 1 is 1.08 bits per heavy atom. The second-order valence-electron chi connectivity index (χ2n) is 2.41. The molecule has 12 heavy (non-hydrogen) atoms. The smallest absolute Gasteiger partial charge is 0.0644 e. The zero-order valence-electron chi connectivity index (χ0n) is 7.50. The fourth-order valence-corrected chi connectivity index (χ4v) is 0.698. The number of rotatable bonds is 9. The van der Waals surface area contributed by atoms with Crippen LogP contribution in [0.25, 0.3) is 0 Å². The van der Waals surface area contributed by atoms with Crippen molar-refractivity contribution >= 4 is 0 Å². The lowest BCUT2D eigenvalue weighted by atomic mass is 10.4. The van der Waals surface area contributed by atoms with Gasteiger partial charge in [-0.25, -0.2) is 0 Å². The van der Waals surface area contributed by atoms with Gasteiger partial charge < -0.3 is 14.6 Å². The van der Waals surface area contributed by atoms with Crippen LogP contribution in [0.2, 0.25) is 0 Å². The summed E-state index contributed by atoms with van der Waals surface area (Å²) < 4.78 is 10.3. The summed E-state index contributed by atoms with van der Waals surface area (Å²) in [5.41, 5.74) is 0. The van der Waals surface area contributed by atoms with Gasteiger partial charge >= 0.3 is 0 Å². The third-order valence-electron chi connectivity index (χ3n) is 1.26. The second-order valence-corrected chi connectivity index (χ2v) is 2.41. The maximum atomic E-state index is 8.42. The van der Waals surface area contributed by atoms with E-state index in [0.717, 1.165) is 6.42 Å². The molecule has 0 saturated heterocycles. The predicted molar refractivity (Wildman–Crippen MR) is 48.2 cm³/mol. The van der Waals surface area contributed by atoms with Crippen LogP contribution >= 0.6 is 0 Å². The maximum absolute atomic E-state index is 8.42. The van der Waals surface area contributed by atoms with Gasteiger partial charge in [0.1, 0.15) is 0 Å². The highest BCUT2D eigenvalue weighted by Gasteiger charge is 1.88. The quantitative estimate of drug-likeness (QED) is 0.418. The van der Waals surface area contributed by atoms with Crippen molar-refractivity contribution in [2.24, 2.45) is 0 Å². The Balaban J connectivity index is 2.77. The van der Waals surface area contributed by atoms with E-state index in [-0.39, 0.29) is 6.61 Å². The summed E-state index contributed by atoms with van der Waals surface area (Å²) in [5.74, 6) is 0. The van der Waals surface area contributed by atoms with Gasteiger partial charge in [0.2, 0.25) is 0 Å². The molecule has 0 unspecified atom stereocenters. The Hall–Kier alpha value is -0.380. The van der Waals surface area contributed by atoms with Crippen molar-refractivity contribution in [3.8, 4) is 0 Å². The minimum Gasteiger partial charge on any atom is -0.396 e. The van der Waals surface area contributed by atoms with E-state index in [9.17, 15) is 0 Å². The van der Waals surface area contributed by atoms with Gasteiger partial charge in [-0.2, -0.15) is 0 Å². The molecule has 3 heteroatoms. The molecular formula is C9H18O3. The average molecular weight is 174 g/mol. The molecule has 0 amide bonds. The van der Waals surface area contributed by atoms with Crippen LogP contribution < -0.4 is 0 Å². The number of hydrogen-bond acceptors (Lipinski definition) is 3. The maximum Gasteiger partial charge on any atom is 0.0644 e. The third kappa shape index (κ3) is 9.62. The first-order valence-corrected chi connectivity index (χ1v) is 4.29. The Kier molecular flexibility index (Phi) is 10.3. The normalized spacial score (nSPS) is 10.1. The lowest BCUT2D eigenvalue weighted by Crippen LogP contribution is -2.03. The molecule has 0 atom stereocenters. The van der Waals surface area contributed by atoms with Crippen LogP contribution in [0.5, 0.6) is 0 Å². The van der Waals surface area contributed by atoms with Crippen molar-refractivity contribution in [1.82, 2.24) is 0 Å². The van der Waals surface area contributed by atoms with Crippen LogP contribution in [0.4, 0.5) is 0 Å². The van der Waals surface area contributed by atoms with Gasteiger partial charge in [0, 0.05) is 26.4 Å². The lowest BCUT2D eigenvalue weighted by molar-refractivity contribution is 0.0846. The van der Waals surface area contributed by atoms with Crippen molar-refractivity contribution in [3.05, 3.63) is 12.7 Å². The number of ether oxygens (including phenoxy) is 2. The first-order valence-electron chi connectivity index (χ1n) is 4.29. The summed E-state index contributed by atoms with van der Waals surface area (Å²) in [5, 5.41) is 8.42. The molecule has 3 nitrogen and oxygen atoms in total. The van der Waals surface area contributed by atoms with Crippen LogP contribution in [0.1, 0.15) is 12.8 Å². The van der Waals surface area contributed by atoms with E-state index in [1.54, 1.807) is 6.08 Å². The Morgan fingerprint density at radius 3 is 2.42 bits per heavy atom. The molecule has 1 N–H and O–H groups in total. The van der Waals surface area contributed by atoms with Gasteiger partial charge in [-0.1, -0.05) is 6.08 Å². The zero-order chi connectivity index (χ0) is 9.07. The molecule has 0 radical (unpaired) electrons. The molecule has 0 bridgehead atoms. The Morgan fingerprint density at radius 2 is 1.75 bits per heavy atom. The molecule has 0 rings (SSSR count). The van der Waals surface area contributed by atoms with Gasteiger partial charge in [0.15, 0.2) is 0 Å². The fourth-order valence-electron chi connectivity index (χ4n) is 0.698. The van der Waals surface area contributed by atoms with Crippen LogP contribution in [-0.4, -0.2) is 38.1 Å². The van der Waals surface area contributed by atoms with Crippen molar-refractivity contribution in [3.63, 3.8) is 0 Å². The molecule has 72 valence electrons. The van der Waals surface area contributed by atoms with E-state index in [0.29, 0.717) is 32.8 Å². The van der Waals surface area contributed by atoms with Crippen LogP contribution in [0.3, 0.4) is 0 Å². The standard InChI is InChI=1S/C9H18O3/c1-2-6-11-8-4-9-12-7-3-5-10/h2,10H,1,3-9H2. The molecule has 0 spiro atoms. The zero-order valence-corrected chi connectivity index (χ0v) is 7.50. The third-order valence-corrected chi connectivity index (χ3v) is 1.26. The Labute approximate surface area is 74.0 Å². The first-order chi connectivity index (χ1) is 5.91. The summed E-state index contributed by atoms with van der Waals surface area (Å²) in [6.07, 6.45) is 3.35. The van der Waals surface area contributed by atoms with Crippen molar-refractivity contribution in [1.29, 1.82) is 0 Å². The van der Waals surface area contributed by atoms with E-state index >= 15 is 0 Å². The Bertz CT molecular complexity index is 93.8. The molecule has 0 aliphatic heterocycles. The number of hydrogen-bond donors (Lipinski definition) is 1. The van der Waals surface area contributed by atoms with E-state index in [1.165, 1.54) is 0 Å². The van der Waals surface area contributed by atoms with Gasteiger partial charge in [0.25, 0.3) is 0 Å². The van der Waals surface area contributed by atoms with Gasteiger partial charge in [0.05, 0.1) is 6.61 Å². The molecular weight excluding hydrogens is 156 g/mol. The minimum atomic E-state index is 0.201. The van der Waals surface area contributed by atoms with Gasteiger partial charge in [-0.15, -0.1) is 6.58 Å². The van der Waals surface area contributed by atoms with E-state index in [1.807, 2.05) is 0 Å². The summed E-state index contributed by atoms with van der Waals surface area (Å²) in [6.45, 7) is 6.40. The molecule has 0 fully saturated rings. The van der Waals surface area contributed by atoms with Crippen LogP contribution in [-0.2, 0) is 9.47 Å². The molecule has 0 aromatic rings. The highest BCUT2D eigenvalue weighted by Crippen LogP contribution is 1.87. The number of aliphatic hydroxyl groups is 1. The van der Waals surface area contributed by atoms with E-state index < -0.39 is 0 Å². The predicted octanol–water partition coefficient (Wildman–Crippen LogP) is 0.978. The molecule has 0 heterocycles. The van der Waals surface area contributed by atoms with Crippen LogP contribution in [0.15, 0.2) is 12.7 Å². The molecule has 0 aliphatic carbocycles. The van der Waals surface area contributed by atoms with Crippen molar-refractivity contribution < 1.29 is 14.6 Å². The molecule has 0 saturated carbocycles. The summed E-state index contributed by atoms with van der Waals surface area (Å²) in [7, 11) is 0. The van der Waals surface area contributed by atoms with E-state index in [4.69, 9.17) is 14.6 Å². The highest BCUT2D eigenvalue weighted by molar-refractivity contribution is 4.63. The fraction of sp³-hybridized carbons (Fsp3) is 0.778. The van der Waals surface area contributed by atoms with Crippen LogP contribution in [0, 0.1) is 0 Å². The van der Waals surface area contributed by atoms with Crippen molar-refractivity contribution in [2.45, 2.75) is 12.8 Å². The summed E-state index contributed by atoms with van der Waals surface area (Å²) >= 11 is 0. The van der Waals surface area contributed by atoms with Crippen molar-refractivity contribution in [2.75, 3.05) is 33.0 Å². The lowest BCUT2D eigenvalue weighted by Gasteiger charge is -2.02. The topological polar surface area (TPSA) is 38.7 Å². The van der Waals surface area contributed by atoms with E-state index in [2.05, 4.69) is 6.58 Å². The molecule has 0 aromatic carbocycles. The summed E-state index contributed by atoms with van der Waals surface area (Å²) in [6, 6.07) is 0. The minimum absolute atomic E-state index is 0.201. The highest BCUT2D eigenvalue weighted by atomic mass is 16.5. The average Bonchev–Trinajstić information content (AvgIpc) is 2.10. The van der Waals surface area contributed by atoms with Gasteiger partial charge in [-0.05, 0) is 12.8 Å². The SMILES string of the molecule is C=CCOCCCOCCCO. The second kappa shape index (κ2) is 10.6. The van der Waals surface area contributed by atoms with Gasteiger partial charge in [-0.3, -0.25) is 0 Å². The number of aliphatic hydroxyl groups excluding tert-OH is 1. The first kappa shape index (κ1) is 11.6.